The number of anilines is 1. The smallest absolute Gasteiger partial charge is 0.317 e. The summed E-state index contributed by atoms with van der Waals surface area (Å²) in [7, 11) is 0. The Balaban J connectivity index is 1.97. The van der Waals surface area contributed by atoms with Gasteiger partial charge < -0.3 is 20.2 Å². The molecule has 0 saturated carbocycles. The number of amides is 3. The van der Waals surface area contributed by atoms with E-state index < -0.39 is 0 Å². The molecule has 1 aromatic carbocycles. The van der Waals surface area contributed by atoms with E-state index in [2.05, 4.69) is 5.32 Å². The summed E-state index contributed by atoms with van der Waals surface area (Å²) in [6, 6.07) is 6.55. The molecule has 1 aromatic rings. The van der Waals surface area contributed by atoms with Crippen LogP contribution in [0.3, 0.4) is 0 Å². The summed E-state index contributed by atoms with van der Waals surface area (Å²) in [6.45, 7) is 2.98. The van der Waals surface area contributed by atoms with Gasteiger partial charge in [-0.15, -0.1) is 0 Å². The molecule has 1 aliphatic rings. The minimum atomic E-state index is -0.257. The molecule has 0 spiro atoms. The van der Waals surface area contributed by atoms with Crippen LogP contribution in [-0.2, 0) is 4.79 Å². The predicted octanol–water partition coefficient (Wildman–Crippen LogP) is 1.47. The number of benzene rings is 1. The average molecular weight is 326 g/mol. The molecule has 2 N–H and O–H groups in total. The van der Waals surface area contributed by atoms with Crippen LogP contribution in [0.4, 0.5) is 10.5 Å². The van der Waals surface area contributed by atoms with Gasteiger partial charge >= 0.3 is 6.03 Å². The number of hydrogen-bond acceptors (Lipinski definition) is 3. The van der Waals surface area contributed by atoms with Gasteiger partial charge in [0.2, 0.25) is 5.91 Å². The zero-order valence-electron chi connectivity index (χ0n) is 12.5. The normalized spacial score (nSPS) is 17.7. The molecule has 1 aliphatic heterocycles. The molecule has 3 amide bonds. The molecule has 0 bridgehead atoms. The molecule has 120 valence electrons. The second-order valence-corrected chi connectivity index (χ2v) is 5.57. The van der Waals surface area contributed by atoms with Crippen molar-refractivity contribution >= 4 is 29.2 Å². The number of urea groups is 1. The second-order valence-electron chi connectivity index (χ2n) is 5.13. The number of nitrogens with zero attached hydrogens (tertiary/aromatic N) is 2. The fourth-order valence-electron chi connectivity index (χ4n) is 2.46. The Morgan fingerprint density at radius 1 is 1.45 bits per heavy atom. The number of rotatable bonds is 5. The largest absolute Gasteiger partial charge is 0.395 e. The lowest BCUT2D eigenvalue weighted by Crippen LogP contribution is -2.46. The third-order valence-corrected chi connectivity index (χ3v) is 3.88. The van der Waals surface area contributed by atoms with Crippen molar-refractivity contribution in [1.82, 2.24) is 10.2 Å². The van der Waals surface area contributed by atoms with Crippen LogP contribution < -0.4 is 10.2 Å². The maximum absolute atomic E-state index is 12.1. The van der Waals surface area contributed by atoms with E-state index in [1.807, 2.05) is 6.92 Å². The van der Waals surface area contributed by atoms with Gasteiger partial charge in [0.15, 0.2) is 0 Å². The van der Waals surface area contributed by atoms with E-state index in [1.165, 1.54) is 4.90 Å². The second kappa shape index (κ2) is 7.47. The van der Waals surface area contributed by atoms with Gasteiger partial charge in [-0.25, -0.2) is 4.79 Å². The van der Waals surface area contributed by atoms with Crippen molar-refractivity contribution < 1.29 is 14.7 Å². The minimum absolute atomic E-state index is 0.0298. The summed E-state index contributed by atoms with van der Waals surface area (Å²) in [5.41, 5.74) is 0.772. The van der Waals surface area contributed by atoms with Crippen molar-refractivity contribution in [2.75, 3.05) is 31.1 Å². The number of aliphatic hydroxyl groups excluding tert-OH is 1. The molecule has 1 atom stereocenters. The molecular formula is C15H20ClN3O3. The molecule has 1 saturated heterocycles. The Bertz CT molecular complexity index is 535. The lowest BCUT2D eigenvalue weighted by molar-refractivity contribution is -0.117. The van der Waals surface area contributed by atoms with E-state index in [0.29, 0.717) is 18.1 Å². The first kappa shape index (κ1) is 16.6. The molecule has 1 heterocycles. The molecule has 0 aliphatic carbocycles. The lowest BCUT2D eigenvalue weighted by atomic mass is 10.2. The number of carbonyl (C=O) groups is 2. The van der Waals surface area contributed by atoms with Crippen molar-refractivity contribution in [3.8, 4) is 0 Å². The van der Waals surface area contributed by atoms with E-state index in [9.17, 15) is 9.59 Å². The Kier molecular flexibility index (Phi) is 5.63. The number of carbonyl (C=O) groups excluding carboxylic acids is 2. The van der Waals surface area contributed by atoms with Crippen molar-refractivity contribution in [1.29, 1.82) is 0 Å². The monoisotopic (exact) mass is 325 g/mol. The van der Waals surface area contributed by atoms with E-state index >= 15 is 0 Å². The fourth-order valence-corrected chi connectivity index (χ4v) is 2.59. The van der Waals surface area contributed by atoms with Crippen molar-refractivity contribution in [2.24, 2.45) is 0 Å². The van der Waals surface area contributed by atoms with Crippen LogP contribution in [0.15, 0.2) is 24.3 Å². The highest BCUT2D eigenvalue weighted by molar-refractivity contribution is 6.30. The minimum Gasteiger partial charge on any atom is -0.395 e. The van der Waals surface area contributed by atoms with Gasteiger partial charge in [0.1, 0.15) is 0 Å². The van der Waals surface area contributed by atoms with Crippen LogP contribution in [0.5, 0.6) is 0 Å². The van der Waals surface area contributed by atoms with Gasteiger partial charge in [-0.2, -0.15) is 0 Å². The maximum Gasteiger partial charge on any atom is 0.317 e. The van der Waals surface area contributed by atoms with Gasteiger partial charge in [-0.3, -0.25) is 4.79 Å². The Labute approximate surface area is 134 Å². The number of hydrogen-bond donors (Lipinski definition) is 2. The summed E-state index contributed by atoms with van der Waals surface area (Å²) in [5.74, 6) is -0.0298. The standard InChI is InChI=1S/C15H20ClN3O3/c1-2-18(7-8-20)15(22)17-12-9-14(21)19(10-12)13-5-3-11(16)4-6-13/h3-6,12,20H,2,7-10H2,1H3,(H,17,22). The lowest BCUT2D eigenvalue weighted by Gasteiger charge is -2.23. The number of halogens is 1. The summed E-state index contributed by atoms with van der Waals surface area (Å²) >= 11 is 5.85. The van der Waals surface area contributed by atoms with Crippen LogP contribution in [0, 0.1) is 0 Å². The molecule has 1 unspecified atom stereocenters. The zero-order chi connectivity index (χ0) is 16.1. The highest BCUT2D eigenvalue weighted by Gasteiger charge is 2.32. The molecular weight excluding hydrogens is 306 g/mol. The maximum atomic E-state index is 12.1. The third kappa shape index (κ3) is 3.90. The first-order chi connectivity index (χ1) is 10.5. The Hall–Kier alpha value is -1.79. The van der Waals surface area contributed by atoms with Gasteiger partial charge in [0.25, 0.3) is 0 Å². The van der Waals surface area contributed by atoms with E-state index in [4.69, 9.17) is 16.7 Å². The Morgan fingerprint density at radius 2 is 2.14 bits per heavy atom. The first-order valence-corrected chi connectivity index (χ1v) is 7.65. The van der Waals surface area contributed by atoms with Crippen molar-refractivity contribution in [2.45, 2.75) is 19.4 Å². The first-order valence-electron chi connectivity index (χ1n) is 7.27. The quantitative estimate of drug-likeness (QED) is 0.861. The van der Waals surface area contributed by atoms with Crippen LogP contribution in [-0.4, -0.2) is 54.2 Å². The topological polar surface area (TPSA) is 72.9 Å². The summed E-state index contributed by atoms with van der Waals surface area (Å²) in [5, 5.41) is 12.4. The van der Waals surface area contributed by atoms with Crippen LogP contribution in [0.2, 0.25) is 5.02 Å². The number of likely N-dealkylation sites (N-methyl/N-ethyl adjacent to an activating group) is 1. The molecule has 7 heteroatoms. The third-order valence-electron chi connectivity index (χ3n) is 3.63. The van der Waals surface area contributed by atoms with Crippen molar-refractivity contribution in [3.05, 3.63) is 29.3 Å². The van der Waals surface area contributed by atoms with E-state index in [1.54, 1.807) is 29.2 Å². The number of nitrogens with one attached hydrogen (secondary N) is 1. The highest BCUT2D eigenvalue weighted by atomic mass is 35.5. The van der Waals surface area contributed by atoms with Gasteiger partial charge in [-0.1, -0.05) is 11.6 Å². The van der Waals surface area contributed by atoms with Gasteiger partial charge in [0, 0.05) is 36.8 Å². The van der Waals surface area contributed by atoms with Crippen LogP contribution >= 0.6 is 11.6 Å². The molecule has 2 rings (SSSR count). The molecule has 1 fully saturated rings. The van der Waals surface area contributed by atoms with E-state index in [-0.39, 0.29) is 37.6 Å². The van der Waals surface area contributed by atoms with E-state index in [0.717, 1.165) is 5.69 Å². The predicted molar refractivity (Wildman–Crippen MR) is 85.1 cm³/mol. The van der Waals surface area contributed by atoms with Gasteiger partial charge in [-0.05, 0) is 31.2 Å². The molecule has 0 aromatic heterocycles. The van der Waals surface area contributed by atoms with Gasteiger partial charge in [0.05, 0.1) is 12.6 Å². The van der Waals surface area contributed by atoms with Crippen LogP contribution in [0.25, 0.3) is 0 Å². The SMILES string of the molecule is CCN(CCO)C(=O)NC1CC(=O)N(c2ccc(Cl)cc2)C1. The molecule has 22 heavy (non-hydrogen) atoms. The Morgan fingerprint density at radius 3 is 2.73 bits per heavy atom. The zero-order valence-corrected chi connectivity index (χ0v) is 13.2. The highest BCUT2D eigenvalue weighted by Crippen LogP contribution is 2.23. The fraction of sp³-hybridized carbons (Fsp3) is 0.467. The summed E-state index contributed by atoms with van der Waals surface area (Å²) < 4.78 is 0. The summed E-state index contributed by atoms with van der Waals surface area (Å²) in [4.78, 5) is 27.3. The molecule has 6 nitrogen and oxygen atoms in total. The van der Waals surface area contributed by atoms with Crippen LogP contribution in [0.1, 0.15) is 13.3 Å². The average Bonchev–Trinajstić information content (AvgIpc) is 2.86. The van der Waals surface area contributed by atoms with Crippen molar-refractivity contribution in [3.63, 3.8) is 0 Å². The number of aliphatic hydroxyl groups is 1. The summed E-state index contributed by atoms with van der Waals surface area (Å²) in [6.07, 6.45) is 0.269. The molecule has 0 radical (unpaired) electrons.